The minimum atomic E-state index is 0.325. The average molecular weight is 318 g/mol. The fourth-order valence-electron chi connectivity index (χ4n) is 1.55. The van der Waals surface area contributed by atoms with E-state index in [1.54, 1.807) is 7.11 Å². The van der Waals surface area contributed by atoms with E-state index in [4.69, 9.17) is 32.7 Å². The number of aromatic nitrogens is 1. The summed E-state index contributed by atoms with van der Waals surface area (Å²) in [5.74, 6) is 1.62. The van der Waals surface area contributed by atoms with Gasteiger partial charge in [-0.1, -0.05) is 35.9 Å². The highest BCUT2D eigenvalue weighted by Gasteiger charge is 2.12. The number of methoxy groups -OCH3 is 1. The lowest BCUT2D eigenvalue weighted by Gasteiger charge is -2.09. The molecule has 0 aliphatic rings. The summed E-state index contributed by atoms with van der Waals surface area (Å²) in [4.78, 5) is 4.91. The summed E-state index contributed by atoms with van der Waals surface area (Å²) in [7, 11) is 1.61. The monoisotopic (exact) mass is 317 g/mol. The summed E-state index contributed by atoms with van der Waals surface area (Å²) in [5.41, 5.74) is 1.18. The Morgan fingerprint density at radius 3 is 2.68 bits per heavy atom. The molecule has 0 amide bonds. The van der Waals surface area contributed by atoms with Crippen LogP contribution in [-0.4, -0.2) is 12.1 Å². The van der Waals surface area contributed by atoms with Crippen LogP contribution in [0.15, 0.2) is 18.2 Å². The van der Waals surface area contributed by atoms with E-state index in [9.17, 15) is 0 Å². The largest absolute Gasteiger partial charge is 0.493 e. The van der Waals surface area contributed by atoms with Crippen LogP contribution in [0.5, 0.6) is 16.7 Å². The van der Waals surface area contributed by atoms with Crippen molar-refractivity contribution in [1.82, 2.24) is 4.98 Å². The minimum Gasteiger partial charge on any atom is -0.493 e. The summed E-state index contributed by atoms with van der Waals surface area (Å²) < 4.78 is 11.0. The van der Waals surface area contributed by atoms with Crippen LogP contribution in [0.2, 0.25) is 5.15 Å². The number of hydrogen-bond acceptors (Lipinski definition) is 4. The van der Waals surface area contributed by atoms with Crippen molar-refractivity contribution in [1.29, 1.82) is 0 Å². The molecule has 0 saturated carbocycles. The second-order valence-corrected chi connectivity index (χ2v) is 5.44. The maximum absolute atomic E-state index is 5.94. The van der Waals surface area contributed by atoms with Crippen molar-refractivity contribution in [2.75, 3.05) is 7.11 Å². The van der Waals surface area contributed by atoms with Crippen molar-refractivity contribution in [3.8, 4) is 16.7 Å². The molecule has 0 aliphatic heterocycles. The van der Waals surface area contributed by atoms with Gasteiger partial charge in [0.25, 0.3) is 5.19 Å². The highest BCUT2D eigenvalue weighted by atomic mass is 35.5. The Hall–Kier alpha value is -0.970. The number of halogens is 2. The standard InChI is InChI=1S/C13H13Cl2NO2S/c1-3-8-4-5-9(10(6-8)17-2)18-13-16-12(15)11(7-14)19-13/h4-6H,3,7H2,1-2H3. The van der Waals surface area contributed by atoms with Gasteiger partial charge in [0.2, 0.25) is 0 Å². The van der Waals surface area contributed by atoms with Crippen LogP contribution < -0.4 is 9.47 Å². The summed E-state index contributed by atoms with van der Waals surface area (Å²) in [6, 6.07) is 5.82. The molecule has 0 atom stereocenters. The maximum atomic E-state index is 5.94. The van der Waals surface area contributed by atoms with Crippen molar-refractivity contribution in [2.24, 2.45) is 0 Å². The minimum absolute atomic E-state index is 0.325. The number of aryl methyl sites for hydroxylation is 1. The topological polar surface area (TPSA) is 31.4 Å². The van der Waals surface area contributed by atoms with Crippen molar-refractivity contribution in [3.63, 3.8) is 0 Å². The fraction of sp³-hybridized carbons (Fsp3) is 0.308. The van der Waals surface area contributed by atoms with Crippen LogP contribution in [0.4, 0.5) is 0 Å². The van der Waals surface area contributed by atoms with E-state index < -0.39 is 0 Å². The highest BCUT2D eigenvalue weighted by molar-refractivity contribution is 7.14. The van der Waals surface area contributed by atoms with Crippen LogP contribution >= 0.6 is 34.5 Å². The second kappa shape index (κ2) is 6.46. The third-order valence-electron chi connectivity index (χ3n) is 2.58. The Labute approximate surface area is 126 Å². The lowest BCUT2D eigenvalue weighted by atomic mass is 10.1. The molecule has 0 radical (unpaired) electrons. The van der Waals surface area contributed by atoms with Crippen molar-refractivity contribution in [2.45, 2.75) is 19.2 Å². The Morgan fingerprint density at radius 1 is 1.32 bits per heavy atom. The molecule has 0 aliphatic carbocycles. The molecule has 6 heteroatoms. The molecule has 0 spiro atoms. The summed E-state index contributed by atoms with van der Waals surface area (Å²) in [5, 5.41) is 0.849. The van der Waals surface area contributed by atoms with E-state index in [2.05, 4.69) is 11.9 Å². The van der Waals surface area contributed by atoms with E-state index in [0.717, 1.165) is 11.3 Å². The van der Waals surface area contributed by atoms with E-state index in [1.165, 1.54) is 16.9 Å². The number of rotatable bonds is 5. The molecule has 1 heterocycles. The summed E-state index contributed by atoms with van der Waals surface area (Å²) >= 11 is 13.0. The zero-order valence-electron chi connectivity index (χ0n) is 10.6. The van der Waals surface area contributed by atoms with Crippen molar-refractivity contribution < 1.29 is 9.47 Å². The Morgan fingerprint density at radius 2 is 2.11 bits per heavy atom. The van der Waals surface area contributed by atoms with Gasteiger partial charge >= 0.3 is 0 Å². The molecule has 0 saturated heterocycles. The molecule has 3 nitrogen and oxygen atoms in total. The van der Waals surface area contributed by atoms with Gasteiger partial charge in [0, 0.05) is 0 Å². The number of thiazole rings is 1. The van der Waals surface area contributed by atoms with Gasteiger partial charge in [-0.05, 0) is 24.1 Å². The smallest absolute Gasteiger partial charge is 0.280 e. The second-order valence-electron chi connectivity index (χ2n) is 3.77. The maximum Gasteiger partial charge on any atom is 0.280 e. The number of nitrogens with zero attached hydrogens (tertiary/aromatic N) is 1. The first-order valence-electron chi connectivity index (χ1n) is 5.73. The zero-order chi connectivity index (χ0) is 13.8. The molecule has 1 aromatic heterocycles. The first-order chi connectivity index (χ1) is 9.17. The van der Waals surface area contributed by atoms with E-state index in [0.29, 0.717) is 27.7 Å². The first-order valence-corrected chi connectivity index (χ1v) is 7.46. The molecule has 2 aromatic rings. The van der Waals surface area contributed by atoms with Gasteiger partial charge in [0.1, 0.15) is 5.15 Å². The highest BCUT2D eigenvalue weighted by Crippen LogP contribution is 2.37. The van der Waals surface area contributed by atoms with Gasteiger partial charge in [-0.2, -0.15) is 4.98 Å². The van der Waals surface area contributed by atoms with Crippen LogP contribution in [0.3, 0.4) is 0 Å². The van der Waals surface area contributed by atoms with Crippen LogP contribution in [-0.2, 0) is 12.3 Å². The van der Waals surface area contributed by atoms with Crippen LogP contribution in [0.1, 0.15) is 17.4 Å². The van der Waals surface area contributed by atoms with Crippen LogP contribution in [0.25, 0.3) is 0 Å². The van der Waals surface area contributed by atoms with Gasteiger partial charge in [-0.3, -0.25) is 0 Å². The van der Waals surface area contributed by atoms with Gasteiger partial charge in [0.15, 0.2) is 11.5 Å². The molecule has 2 rings (SSSR count). The van der Waals surface area contributed by atoms with E-state index >= 15 is 0 Å². The Balaban J connectivity index is 2.26. The first kappa shape index (κ1) is 14.4. The van der Waals surface area contributed by atoms with Crippen molar-refractivity contribution in [3.05, 3.63) is 33.8 Å². The third kappa shape index (κ3) is 3.32. The van der Waals surface area contributed by atoms with Gasteiger partial charge in [-0.15, -0.1) is 11.6 Å². The molecule has 0 unspecified atom stereocenters. The molecule has 0 N–H and O–H groups in total. The van der Waals surface area contributed by atoms with Gasteiger partial charge < -0.3 is 9.47 Å². The van der Waals surface area contributed by atoms with E-state index in [-0.39, 0.29) is 0 Å². The predicted octanol–water partition coefficient (Wildman–Crippen LogP) is 4.90. The Bertz CT molecular complexity index is 572. The molecular formula is C13H13Cl2NO2S. The van der Waals surface area contributed by atoms with Crippen molar-refractivity contribution >= 4 is 34.5 Å². The molecule has 1 aromatic carbocycles. The average Bonchev–Trinajstić information content (AvgIpc) is 2.79. The third-order valence-corrected chi connectivity index (χ3v) is 4.37. The van der Waals surface area contributed by atoms with E-state index in [1.807, 2.05) is 18.2 Å². The number of ether oxygens (including phenoxy) is 2. The predicted molar refractivity (Wildman–Crippen MR) is 79.1 cm³/mol. The normalized spacial score (nSPS) is 10.5. The number of hydrogen-bond donors (Lipinski definition) is 0. The lowest BCUT2D eigenvalue weighted by Crippen LogP contribution is -1.91. The molecule has 0 bridgehead atoms. The molecule has 0 fully saturated rings. The summed E-state index contributed by atoms with van der Waals surface area (Å²) in [6.07, 6.45) is 0.941. The Kier molecular flexibility index (Phi) is 4.91. The molecular weight excluding hydrogens is 305 g/mol. The fourth-order valence-corrected chi connectivity index (χ4v) is 2.88. The zero-order valence-corrected chi connectivity index (χ0v) is 12.9. The summed E-state index contributed by atoms with van der Waals surface area (Å²) in [6.45, 7) is 2.09. The van der Waals surface area contributed by atoms with Gasteiger partial charge in [0.05, 0.1) is 17.9 Å². The number of benzene rings is 1. The quantitative estimate of drug-likeness (QED) is 0.735. The number of alkyl halides is 1. The molecule has 102 valence electrons. The lowest BCUT2D eigenvalue weighted by molar-refractivity contribution is 0.377. The molecule has 19 heavy (non-hydrogen) atoms. The van der Waals surface area contributed by atoms with Crippen LogP contribution in [0, 0.1) is 0 Å². The SMILES string of the molecule is CCc1ccc(Oc2nc(Cl)c(CCl)s2)c(OC)c1. The van der Waals surface area contributed by atoms with Gasteiger partial charge in [-0.25, -0.2) is 0 Å².